The summed E-state index contributed by atoms with van der Waals surface area (Å²) in [5, 5.41) is 5.14. The molecule has 126 valence electrons. The van der Waals surface area contributed by atoms with Crippen LogP contribution in [0.2, 0.25) is 0 Å². The van der Waals surface area contributed by atoms with E-state index in [0.29, 0.717) is 23.8 Å². The molecule has 1 fully saturated rings. The second-order valence-corrected chi connectivity index (χ2v) is 6.45. The number of amides is 2. The Labute approximate surface area is 144 Å². The molecule has 1 aromatic heterocycles. The average Bonchev–Trinajstić information content (AvgIpc) is 3.26. The van der Waals surface area contributed by atoms with Gasteiger partial charge in [0.2, 0.25) is 11.8 Å². The molecule has 6 nitrogen and oxygen atoms in total. The molecule has 2 aromatic rings. The molecule has 0 saturated carbocycles. The quantitative estimate of drug-likeness (QED) is 0.903. The molecule has 0 radical (unpaired) electrons. The monoisotopic (exact) mass is 345 g/mol. The number of nitrogens with one attached hydrogen (secondary N) is 1. The fourth-order valence-electron chi connectivity index (χ4n) is 2.93. The van der Waals surface area contributed by atoms with E-state index in [1.54, 1.807) is 23.6 Å². The standard InChI is InChI=1S/C17H19N3O3S/c1-23-14-7-3-2-5-12(14)11-15(21)20-9-4-6-13(20)16(22)19-17-18-8-10-24-17/h2-3,5,7-8,10,13H,4,6,9,11H2,1H3,(H,18,19,22). The van der Waals surface area contributed by atoms with Crippen LogP contribution in [0.1, 0.15) is 18.4 Å². The predicted molar refractivity (Wildman–Crippen MR) is 92.2 cm³/mol. The molecule has 24 heavy (non-hydrogen) atoms. The highest BCUT2D eigenvalue weighted by atomic mass is 32.1. The van der Waals surface area contributed by atoms with Crippen molar-refractivity contribution in [1.29, 1.82) is 0 Å². The molecule has 2 amide bonds. The lowest BCUT2D eigenvalue weighted by molar-refractivity contribution is -0.136. The lowest BCUT2D eigenvalue weighted by Crippen LogP contribution is -2.43. The smallest absolute Gasteiger partial charge is 0.248 e. The van der Waals surface area contributed by atoms with Gasteiger partial charge in [-0.1, -0.05) is 18.2 Å². The van der Waals surface area contributed by atoms with Gasteiger partial charge in [-0.25, -0.2) is 4.98 Å². The van der Waals surface area contributed by atoms with Crippen LogP contribution in [0.4, 0.5) is 5.13 Å². The third-order valence-corrected chi connectivity index (χ3v) is 4.76. The maximum atomic E-state index is 12.7. The number of methoxy groups -OCH3 is 1. The Morgan fingerprint density at radius 1 is 1.42 bits per heavy atom. The summed E-state index contributed by atoms with van der Waals surface area (Å²) in [6.45, 7) is 0.601. The molecule has 0 bridgehead atoms. The first-order valence-corrected chi connectivity index (χ1v) is 8.68. The van der Waals surface area contributed by atoms with E-state index in [4.69, 9.17) is 4.74 Å². The maximum absolute atomic E-state index is 12.7. The number of thiazole rings is 1. The number of ether oxygens (including phenoxy) is 1. The average molecular weight is 345 g/mol. The molecule has 1 aliphatic rings. The summed E-state index contributed by atoms with van der Waals surface area (Å²) >= 11 is 1.36. The van der Waals surface area contributed by atoms with Gasteiger partial charge in [-0.15, -0.1) is 11.3 Å². The summed E-state index contributed by atoms with van der Waals surface area (Å²) in [5.41, 5.74) is 0.830. The zero-order chi connectivity index (χ0) is 16.9. The molecule has 1 unspecified atom stereocenters. The third-order valence-electron chi connectivity index (χ3n) is 4.07. The Balaban J connectivity index is 1.68. The van der Waals surface area contributed by atoms with Crippen molar-refractivity contribution in [1.82, 2.24) is 9.88 Å². The number of aromatic nitrogens is 1. The number of likely N-dealkylation sites (tertiary alicyclic amines) is 1. The first-order valence-electron chi connectivity index (χ1n) is 7.81. The van der Waals surface area contributed by atoms with Crippen molar-refractivity contribution in [3.8, 4) is 5.75 Å². The summed E-state index contributed by atoms with van der Waals surface area (Å²) in [6.07, 6.45) is 3.37. The molecule has 3 rings (SSSR count). The molecule has 1 saturated heterocycles. The van der Waals surface area contributed by atoms with Crippen molar-refractivity contribution in [2.75, 3.05) is 19.0 Å². The Morgan fingerprint density at radius 3 is 3.00 bits per heavy atom. The van der Waals surface area contributed by atoms with Gasteiger partial charge in [-0.3, -0.25) is 9.59 Å². The SMILES string of the molecule is COc1ccccc1CC(=O)N1CCCC1C(=O)Nc1nccs1. The van der Waals surface area contributed by atoms with Crippen molar-refractivity contribution in [3.63, 3.8) is 0 Å². The van der Waals surface area contributed by atoms with E-state index in [1.807, 2.05) is 24.3 Å². The Kier molecular flexibility index (Phi) is 5.10. The van der Waals surface area contributed by atoms with Gasteiger partial charge in [0.15, 0.2) is 5.13 Å². The van der Waals surface area contributed by atoms with E-state index < -0.39 is 6.04 Å². The number of para-hydroxylation sites is 1. The fourth-order valence-corrected chi connectivity index (χ4v) is 3.46. The normalized spacial score (nSPS) is 16.9. The summed E-state index contributed by atoms with van der Waals surface area (Å²) < 4.78 is 5.30. The Hall–Kier alpha value is -2.41. The van der Waals surface area contributed by atoms with Crippen LogP contribution in [-0.4, -0.2) is 41.4 Å². The van der Waals surface area contributed by atoms with E-state index in [0.717, 1.165) is 12.0 Å². The second kappa shape index (κ2) is 7.44. The highest BCUT2D eigenvalue weighted by Gasteiger charge is 2.34. The number of hydrogen-bond acceptors (Lipinski definition) is 5. The first kappa shape index (κ1) is 16.4. The van der Waals surface area contributed by atoms with Gasteiger partial charge >= 0.3 is 0 Å². The topological polar surface area (TPSA) is 71.5 Å². The van der Waals surface area contributed by atoms with Crippen molar-refractivity contribution in [3.05, 3.63) is 41.4 Å². The molecule has 0 aliphatic carbocycles. The van der Waals surface area contributed by atoms with Gasteiger partial charge in [0, 0.05) is 23.7 Å². The van der Waals surface area contributed by atoms with Crippen molar-refractivity contribution in [2.24, 2.45) is 0 Å². The molecule has 1 N–H and O–H groups in total. The first-order chi connectivity index (χ1) is 11.7. The minimum absolute atomic E-state index is 0.0590. The summed E-state index contributed by atoms with van der Waals surface area (Å²) in [4.78, 5) is 30.8. The number of anilines is 1. The molecule has 1 aliphatic heterocycles. The van der Waals surface area contributed by atoms with Gasteiger partial charge in [0.25, 0.3) is 0 Å². The van der Waals surface area contributed by atoms with Gasteiger partial charge in [-0.05, 0) is 18.9 Å². The van der Waals surface area contributed by atoms with Crippen molar-refractivity contribution in [2.45, 2.75) is 25.3 Å². The van der Waals surface area contributed by atoms with Crippen LogP contribution in [0, 0.1) is 0 Å². The number of hydrogen-bond donors (Lipinski definition) is 1. The van der Waals surface area contributed by atoms with Gasteiger partial charge < -0.3 is 15.0 Å². The number of carbonyl (C=O) groups is 2. The fraction of sp³-hybridized carbons (Fsp3) is 0.353. The molecule has 2 heterocycles. The molecule has 0 spiro atoms. The predicted octanol–water partition coefficient (Wildman–Crippen LogP) is 2.32. The summed E-state index contributed by atoms with van der Waals surface area (Å²) in [5.74, 6) is 0.459. The number of carbonyl (C=O) groups excluding carboxylic acids is 2. The van der Waals surface area contributed by atoms with Crippen LogP contribution in [0.5, 0.6) is 5.75 Å². The van der Waals surface area contributed by atoms with Gasteiger partial charge in [0.1, 0.15) is 11.8 Å². The summed E-state index contributed by atoms with van der Waals surface area (Å²) in [6, 6.07) is 7.02. The van der Waals surface area contributed by atoms with E-state index in [2.05, 4.69) is 10.3 Å². The van der Waals surface area contributed by atoms with E-state index >= 15 is 0 Å². The Morgan fingerprint density at radius 2 is 2.25 bits per heavy atom. The highest BCUT2D eigenvalue weighted by molar-refractivity contribution is 7.13. The van der Waals surface area contributed by atoms with Gasteiger partial charge in [-0.2, -0.15) is 0 Å². The minimum Gasteiger partial charge on any atom is -0.496 e. The molecule has 1 aromatic carbocycles. The van der Waals surface area contributed by atoms with Gasteiger partial charge in [0.05, 0.1) is 13.5 Å². The van der Waals surface area contributed by atoms with E-state index in [-0.39, 0.29) is 18.2 Å². The zero-order valence-electron chi connectivity index (χ0n) is 13.4. The second-order valence-electron chi connectivity index (χ2n) is 5.56. The van der Waals surface area contributed by atoms with Crippen LogP contribution >= 0.6 is 11.3 Å². The molecular formula is C17H19N3O3S. The van der Waals surface area contributed by atoms with Crippen LogP contribution in [0.25, 0.3) is 0 Å². The van der Waals surface area contributed by atoms with Crippen LogP contribution in [0.15, 0.2) is 35.8 Å². The minimum atomic E-state index is -0.434. The van der Waals surface area contributed by atoms with E-state index in [9.17, 15) is 9.59 Å². The molecule has 7 heteroatoms. The van der Waals surface area contributed by atoms with Crippen LogP contribution in [0.3, 0.4) is 0 Å². The number of nitrogens with zero attached hydrogens (tertiary/aromatic N) is 2. The lowest BCUT2D eigenvalue weighted by Gasteiger charge is -2.24. The third kappa shape index (κ3) is 3.56. The zero-order valence-corrected chi connectivity index (χ0v) is 14.2. The Bertz CT molecular complexity index is 718. The van der Waals surface area contributed by atoms with Crippen LogP contribution in [-0.2, 0) is 16.0 Å². The molecule has 1 atom stereocenters. The maximum Gasteiger partial charge on any atom is 0.248 e. The highest BCUT2D eigenvalue weighted by Crippen LogP contribution is 2.23. The summed E-state index contributed by atoms with van der Waals surface area (Å²) in [7, 11) is 1.59. The number of benzene rings is 1. The van der Waals surface area contributed by atoms with Crippen molar-refractivity contribution < 1.29 is 14.3 Å². The lowest BCUT2D eigenvalue weighted by atomic mass is 10.1. The molecular weight excluding hydrogens is 326 g/mol. The van der Waals surface area contributed by atoms with Crippen LogP contribution < -0.4 is 10.1 Å². The van der Waals surface area contributed by atoms with E-state index in [1.165, 1.54) is 11.3 Å². The number of rotatable bonds is 5. The largest absolute Gasteiger partial charge is 0.496 e. The van der Waals surface area contributed by atoms with Crippen molar-refractivity contribution >= 4 is 28.3 Å².